The fraction of sp³-hybridized carbons (Fsp3) is 0.471. The summed E-state index contributed by atoms with van der Waals surface area (Å²) in [4.78, 5) is 38.9. The van der Waals surface area contributed by atoms with E-state index in [0.29, 0.717) is 6.42 Å². The van der Waals surface area contributed by atoms with Crippen LogP contribution in [0.4, 0.5) is 0 Å². The summed E-state index contributed by atoms with van der Waals surface area (Å²) in [6.45, 7) is 1.79. The molecule has 1 aromatic carbocycles. The zero-order chi connectivity index (χ0) is 17.6. The number of esters is 1. The van der Waals surface area contributed by atoms with Crippen molar-refractivity contribution < 1.29 is 24.2 Å². The molecule has 2 aliphatic rings. The van der Waals surface area contributed by atoms with Crippen molar-refractivity contribution in [1.82, 2.24) is 10.2 Å². The van der Waals surface area contributed by atoms with Gasteiger partial charge < -0.3 is 9.84 Å². The molecule has 0 radical (unpaired) electrons. The minimum absolute atomic E-state index is 0.106. The van der Waals surface area contributed by atoms with Crippen molar-refractivity contribution in [3.8, 4) is 5.75 Å². The van der Waals surface area contributed by atoms with Crippen molar-refractivity contribution in [1.29, 1.82) is 0 Å². The van der Waals surface area contributed by atoms with E-state index in [9.17, 15) is 19.5 Å². The van der Waals surface area contributed by atoms with Gasteiger partial charge in [0.25, 0.3) is 0 Å². The number of hydrogen-bond acceptors (Lipinski definition) is 6. The second-order valence-corrected chi connectivity index (χ2v) is 6.27. The number of nitrogens with zero attached hydrogens (tertiary/aromatic N) is 1. The number of ether oxygens (including phenoxy) is 1. The highest BCUT2D eigenvalue weighted by Crippen LogP contribution is 2.50. The number of imide groups is 1. The Morgan fingerprint density at radius 3 is 2.46 bits per heavy atom. The molecule has 2 heterocycles. The standard InChI is InChI=1S/C17H20N2O5/c1-4-17(16(23)24-3)12-11(14(21)19(2)15(12)22)13(18-17)9-5-7-10(20)8-6-9/h5-8,11-13,18,20H,4H2,1-3H3/t11-,12-,13-,17+/m0/s1. The Balaban J connectivity index is 2.12. The maximum atomic E-state index is 12.6. The van der Waals surface area contributed by atoms with Crippen LogP contribution in [0, 0.1) is 11.8 Å². The first kappa shape index (κ1) is 16.4. The zero-order valence-electron chi connectivity index (χ0n) is 13.8. The molecule has 3 rings (SSSR count). The zero-order valence-corrected chi connectivity index (χ0v) is 13.8. The van der Waals surface area contributed by atoms with Crippen molar-refractivity contribution >= 4 is 17.8 Å². The van der Waals surface area contributed by atoms with E-state index < -0.39 is 29.4 Å². The summed E-state index contributed by atoms with van der Waals surface area (Å²) in [5.74, 6) is -2.59. The van der Waals surface area contributed by atoms with Gasteiger partial charge in [-0.1, -0.05) is 19.1 Å². The van der Waals surface area contributed by atoms with Crippen LogP contribution in [0.15, 0.2) is 24.3 Å². The lowest BCUT2D eigenvalue weighted by Gasteiger charge is -2.30. The topological polar surface area (TPSA) is 95.9 Å². The molecule has 24 heavy (non-hydrogen) atoms. The average molecular weight is 332 g/mol. The summed E-state index contributed by atoms with van der Waals surface area (Å²) in [6.07, 6.45) is 0.322. The van der Waals surface area contributed by atoms with Gasteiger partial charge in [0.15, 0.2) is 0 Å². The molecule has 7 nitrogen and oxygen atoms in total. The van der Waals surface area contributed by atoms with Crippen molar-refractivity contribution in [2.45, 2.75) is 24.9 Å². The minimum atomic E-state index is -1.24. The van der Waals surface area contributed by atoms with E-state index in [4.69, 9.17) is 4.74 Å². The van der Waals surface area contributed by atoms with E-state index in [1.54, 1.807) is 19.1 Å². The summed E-state index contributed by atoms with van der Waals surface area (Å²) in [6, 6.07) is 5.89. The number of amides is 2. The molecule has 2 fully saturated rings. The lowest BCUT2D eigenvalue weighted by Crippen LogP contribution is -2.55. The van der Waals surface area contributed by atoms with Crippen LogP contribution in [0.2, 0.25) is 0 Å². The molecule has 2 aliphatic heterocycles. The smallest absolute Gasteiger partial charge is 0.326 e. The normalized spacial score (nSPS) is 32.1. The van der Waals surface area contributed by atoms with Crippen LogP contribution in [-0.4, -0.2) is 47.5 Å². The number of fused-ring (bicyclic) bond motifs is 1. The Labute approximate surface area is 139 Å². The van der Waals surface area contributed by atoms with Crippen molar-refractivity contribution in [3.63, 3.8) is 0 Å². The molecule has 0 aliphatic carbocycles. The van der Waals surface area contributed by atoms with E-state index in [1.807, 2.05) is 0 Å². The number of carbonyl (C=O) groups is 3. The second-order valence-electron chi connectivity index (χ2n) is 6.27. The SMILES string of the molecule is CC[C@@]1(C(=O)OC)N[C@@H](c2ccc(O)cc2)[C@H]2C(=O)N(C)C(=O)[C@H]21. The van der Waals surface area contributed by atoms with Gasteiger partial charge in [-0.05, 0) is 24.1 Å². The Bertz CT molecular complexity index is 701. The number of nitrogens with one attached hydrogen (secondary N) is 1. The van der Waals surface area contributed by atoms with E-state index in [0.717, 1.165) is 10.5 Å². The van der Waals surface area contributed by atoms with Gasteiger partial charge in [0.2, 0.25) is 11.8 Å². The molecule has 128 valence electrons. The van der Waals surface area contributed by atoms with Crippen LogP contribution in [0.25, 0.3) is 0 Å². The van der Waals surface area contributed by atoms with Crippen LogP contribution >= 0.6 is 0 Å². The molecule has 2 N–H and O–H groups in total. The van der Waals surface area contributed by atoms with Crippen LogP contribution < -0.4 is 5.32 Å². The highest BCUT2D eigenvalue weighted by Gasteiger charge is 2.67. The number of phenolic OH excluding ortho intramolecular Hbond substituents is 1. The van der Waals surface area contributed by atoms with Gasteiger partial charge in [0.05, 0.1) is 18.9 Å². The third-order valence-corrected chi connectivity index (χ3v) is 5.23. The second kappa shape index (κ2) is 5.59. The molecule has 2 saturated heterocycles. The molecule has 0 spiro atoms. The minimum Gasteiger partial charge on any atom is -0.508 e. The fourth-order valence-corrected chi connectivity index (χ4v) is 3.95. The van der Waals surface area contributed by atoms with Gasteiger partial charge in [0.1, 0.15) is 11.3 Å². The maximum Gasteiger partial charge on any atom is 0.326 e. The number of hydrogen-bond donors (Lipinski definition) is 2. The third kappa shape index (κ3) is 2.04. The molecular weight excluding hydrogens is 312 g/mol. The Hall–Kier alpha value is -2.41. The van der Waals surface area contributed by atoms with Gasteiger partial charge in [-0.3, -0.25) is 24.6 Å². The first-order valence-electron chi connectivity index (χ1n) is 7.83. The number of rotatable bonds is 3. The van der Waals surface area contributed by atoms with Crippen LogP contribution in [0.1, 0.15) is 24.9 Å². The number of likely N-dealkylation sites (tertiary alicyclic amines) is 1. The first-order chi connectivity index (χ1) is 11.4. The molecule has 0 aromatic heterocycles. The number of carbonyl (C=O) groups excluding carboxylic acids is 3. The van der Waals surface area contributed by atoms with Crippen molar-refractivity contribution in [2.24, 2.45) is 11.8 Å². The van der Waals surface area contributed by atoms with Crippen LogP contribution in [-0.2, 0) is 19.1 Å². The summed E-state index contributed by atoms with van der Waals surface area (Å²) in [5.41, 5.74) is -0.502. The number of phenols is 1. The highest BCUT2D eigenvalue weighted by atomic mass is 16.5. The Kier molecular flexibility index (Phi) is 3.83. The maximum absolute atomic E-state index is 12.6. The largest absolute Gasteiger partial charge is 0.508 e. The molecule has 2 amide bonds. The van der Waals surface area contributed by atoms with Crippen molar-refractivity contribution in [3.05, 3.63) is 29.8 Å². The fourth-order valence-electron chi connectivity index (χ4n) is 3.95. The summed E-state index contributed by atoms with van der Waals surface area (Å²) in [5, 5.41) is 12.7. The molecule has 0 bridgehead atoms. The summed E-state index contributed by atoms with van der Waals surface area (Å²) >= 11 is 0. The molecule has 0 saturated carbocycles. The number of methoxy groups -OCH3 is 1. The van der Waals surface area contributed by atoms with E-state index in [2.05, 4.69) is 5.32 Å². The number of aromatic hydroxyl groups is 1. The van der Waals surface area contributed by atoms with Crippen molar-refractivity contribution in [2.75, 3.05) is 14.2 Å². The van der Waals surface area contributed by atoms with Gasteiger partial charge >= 0.3 is 5.97 Å². The van der Waals surface area contributed by atoms with E-state index >= 15 is 0 Å². The summed E-state index contributed by atoms with van der Waals surface area (Å²) < 4.78 is 4.94. The Morgan fingerprint density at radius 2 is 1.92 bits per heavy atom. The number of benzene rings is 1. The highest BCUT2D eigenvalue weighted by molar-refractivity contribution is 6.09. The van der Waals surface area contributed by atoms with E-state index in [1.165, 1.54) is 26.3 Å². The van der Waals surface area contributed by atoms with Gasteiger partial charge in [-0.25, -0.2) is 0 Å². The molecule has 7 heteroatoms. The van der Waals surface area contributed by atoms with Crippen LogP contribution in [0.3, 0.4) is 0 Å². The molecule has 0 unspecified atom stereocenters. The molecule has 4 atom stereocenters. The van der Waals surface area contributed by atoms with Gasteiger partial charge in [-0.2, -0.15) is 0 Å². The predicted molar refractivity (Wildman–Crippen MR) is 83.8 cm³/mol. The lowest BCUT2D eigenvalue weighted by molar-refractivity contribution is -0.154. The Morgan fingerprint density at radius 1 is 1.29 bits per heavy atom. The first-order valence-corrected chi connectivity index (χ1v) is 7.83. The molecule has 1 aromatic rings. The van der Waals surface area contributed by atoms with Gasteiger partial charge in [-0.15, -0.1) is 0 Å². The quantitative estimate of drug-likeness (QED) is 0.621. The van der Waals surface area contributed by atoms with E-state index in [-0.39, 0.29) is 17.6 Å². The predicted octanol–water partition coefficient (Wildman–Crippen LogP) is 0.589. The summed E-state index contributed by atoms with van der Waals surface area (Å²) in [7, 11) is 2.71. The third-order valence-electron chi connectivity index (χ3n) is 5.23. The van der Waals surface area contributed by atoms with Gasteiger partial charge in [0, 0.05) is 13.1 Å². The lowest BCUT2D eigenvalue weighted by atomic mass is 9.78. The molecular formula is C17H20N2O5. The van der Waals surface area contributed by atoms with Crippen LogP contribution in [0.5, 0.6) is 5.75 Å². The average Bonchev–Trinajstić information content (AvgIpc) is 3.05. The monoisotopic (exact) mass is 332 g/mol.